The quantitative estimate of drug-likeness (QED) is 0.462. The number of rotatable bonds is 0. The zero-order valence-electron chi connectivity index (χ0n) is 6.23. The van der Waals surface area contributed by atoms with E-state index in [9.17, 15) is 4.79 Å². The van der Waals surface area contributed by atoms with Crippen LogP contribution in [-0.4, -0.2) is 23.5 Å². The minimum atomic E-state index is -0.00212. The largest absolute Gasteiger partial charge is 0.294 e. The molecule has 0 aliphatic carbocycles. The number of hydrogen-bond donors (Lipinski definition) is 0. The van der Waals surface area contributed by atoms with E-state index >= 15 is 0 Å². The summed E-state index contributed by atoms with van der Waals surface area (Å²) in [6.07, 6.45) is 2.17. The Hall–Kier alpha value is 0.0200. The van der Waals surface area contributed by atoms with Gasteiger partial charge in [0.2, 0.25) is 0 Å². The lowest BCUT2D eigenvalue weighted by molar-refractivity contribution is -0.122. The smallest absolute Gasteiger partial charge is 0.192 e. The van der Waals surface area contributed by atoms with Crippen molar-refractivity contribution in [1.82, 2.24) is 0 Å². The van der Waals surface area contributed by atoms with Crippen LogP contribution in [-0.2, 0) is 15.7 Å². The van der Waals surface area contributed by atoms with E-state index in [-0.39, 0.29) is 5.41 Å². The molecule has 1 nitrogen and oxygen atoms in total. The fourth-order valence-electron chi connectivity index (χ4n) is 1.17. The Kier molecular flexibility index (Phi) is 1.59. The van der Waals surface area contributed by atoms with Crippen LogP contribution in [0.4, 0.5) is 0 Å². The predicted molar refractivity (Wildman–Crippen MR) is 41.8 cm³/mol. The Balaban J connectivity index is 2.70. The van der Waals surface area contributed by atoms with Gasteiger partial charge in [-0.3, -0.25) is 4.79 Å². The SMILES string of the molecule is C[S+]1CC(=O)C(C)(C)C1. The standard InChI is InChI=1S/C7H13OS/c1-7(2)5-9(3)4-6(7)8/h4-5H2,1-3H3/q+1. The molecule has 1 rings (SSSR count). The Bertz CT molecular complexity index is 140. The Labute approximate surface area is 59.2 Å². The number of Topliss-reactive ketones (excluding diaryl/α,β-unsaturated/α-hetero) is 1. The summed E-state index contributed by atoms with van der Waals surface area (Å²) in [5.41, 5.74) is -0.00212. The number of ketones is 1. The van der Waals surface area contributed by atoms with Gasteiger partial charge in [0.15, 0.2) is 11.5 Å². The van der Waals surface area contributed by atoms with Gasteiger partial charge < -0.3 is 0 Å². The summed E-state index contributed by atoms with van der Waals surface area (Å²) in [7, 11) is 0.378. The molecule has 2 heteroatoms. The molecule has 0 aromatic rings. The third-order valence-corrected chi connectivity index (χ3v) is 3.71. The molecule has 9 heavy (non-hydrogen) atoms. The summed E-state index contributed by atoms with van der Waals surface area (Å²) < 4.78 is 0. The molecule has 0 amide bonds. The lowest BCUT2D eigenvalue weighted by Crippen LogP contribution is -2.20. The van der Waals surface area contributed by atoms with Crippen molar-refractivity contribution < 1.29 is 4.79 Å². The molecule has 0 saturated carbocycles. The summed E-state index contributed by atoms with van der Waals surface area (Å²) in [5, 5.41) is 0. The van der Waals surface area contributed by atoms with Crippen LogP contribution in [0.5, 0.6) is 0 Å². The van der Waals surface area contributed by atoms with E-state index < -0.39 is 0 Å². The second kappa shape index (κ2) is 2.01. The molecule has 1 fully saturated rings. The molecule has 1 saturated heterocycles. The van der Waals surface area contributed by atoms with Gasteiger partial charge >= 0.3 is 0 Å². The van der Waals surface area contributed by atoms with Gasteiger partial charge in [0.05, 0.1) is 11.7 Å². The highest BCUT2D eigenvalue weighted by Crippen LogP contribution is 2.27. The fourth-order valence-corrected chi connectivity index (χ4v) is 3.50. The monoisotopic (exact) mass is 145 g/mol. The van der Waals surface area contributed by atoms with Gasteiger partial charge in [-0.2, -0.15) is 0 Å². The molecule has 0 radical (unpaired) electrons. The molecule has 1 unspecified atom stereocenters. The topological polar surface area (TPSA) is 17.1 Å². The maximum atomic E-state index is 11.1. The maximum Gasteiger partial charge on any atom is 0.192 e. The minimum Gasteiger partial charge on any atom is -0.294 e. The molecular weight excluding hydrogens is 132 g/mol. The van der Waals surface area contributed by atoms with Gasteiger partial charge in [0.25, 0.3) is 0 Å². The first-order valence-corrected chi connectivity index (χ1v) is 5.12. The van der Waals surface area contributed by atoms with Gasteiger partial charge in [0.1, 0.15) is 5.75 Å². The van der Waals surface area contributed by atoms with Crippen molar-refractivity contribution in [1.29, 1.82) is 0 Å². The van der Waals surface area contributed by atoms with Crippen LogP contribution in [0.1, 0.15) is 13.8 Å². The van der Waals surface area contributed by atoms with Gasteiger partial charge in [-0.05, 0) is 24.7 Å². The van der Waals surface area contributed by atoms with Crippen LogP contribution in [0, 0.1) is 5.41 Å². The van der Waals surface area contributed by atoms with Crippen LogP contribution < -0.4 is 0 Å². The molecule has 1 atom stereocenters. The van der Waals surface area contributed by atoms with Gasteiger partial charge in [0, 0.05) is 0 Å². The molecule has 0 spiro atoms. The second-order valence-electron chi connectivity index (χ2n) is 3.38. The van der Waals surface area contributed by atoms with E-state index in [4.69, 9.17) is 0 Å². The molecule has 0 N–H and O–H groups in total. The zero-order valence-corrected chi connectivity index (χ0v) is 7.05. The van der Waals surface area contributed by atoms with Crippen LogP contribution in [0.25, 0.3) is 0 Å². The molecule has 0 aromatic carbocycles. The molecule has 1 aliphatic rings. The fraction of sp³-hybridized carbons (Fsp3) is 0.857. The summed E-state index contributed by atoms with van der Waals surface area (Å²) in [4.78, 5) is 11.1. The highest BCUT2D eigenvalue weighted by molar-refractivity contribution is 7.97. The Morgan fingerprint density at radius 2 is 2.11 bits per heavy atom. The van der Waals surface area contributed by atoms with E-state index in [1.165, 1.54) is 0 Å². The number of carbonyl (C=O) groups excluding carboxylic acids is 1. The highest BCUT2D eigenvalue weighted by atomic mass is 32.2. The zero-order chi connectivity index (χ0) is 7.07. The summed E-state index contributed by atoms with van der Waals surface area (Å²) in [6.45, 7) is 4.09. The van der Waals surface area contributed by atoms with E-state index in [0.717, 1.165) is 11.5 Å². The molecule has 52 valence electrons. The summed E-state index contributed by atoms with van der Waals surface area (Å²) >= 11 is 0. The third-order valence-electron chi connectivity index (χ3n) is 1.74. The first kappa shape index (κ1) is 7.13. The Morgan fingerprint density at radius 1 is 1.56 bits per heavy atom. The first-order chi connectivity index (χ1) is 4.02. The molecule has 1 heterocycles. The highest BCUT2D eigenvalue weighted by Gasteiger charge is 2.43. The molecule has 1 aliphatic heterocycles. The lowest BCUT2D eigenvalue weighted by Gasteiger charge is -2.07. The Morgan fingerprint density at radius 3 is 2.22 bits per heavy atom. The van der Waals surface area contributed by atoms with E-state index in [1.54, 1.807) is 0 Å². The third kappa shape index (κ3) is 1.29. The van der Waals surface area contributed by atoms with E-state index in [0.29, 0.717) is 16.7 Å². The molecule has 0 aromatic heterocycles. The predicted octanol–water partition coefficient (Wildman–Crippen LogP) is 0.843. The van der Waals surface area contributed by atoms with Crippen LogP contribution in [0.2, 0.25) is 0 Å². The maximum absolute atomic E-state index is 11.1. The van der Waals surface area contributed by atoms with Crippen molar-refractivity contribution in [3.8, 4) is 0 Å². The summed E-state index contributed by atoms with van der Waals surface area (Å²) in [5.74, 6) is 2.38. The lowest BCUT2D eigenvalue weighted by atomic mass is 9.92. The van der Waals surface area contributed by atoms with E-state index in [2.05, 4.69) is 6.26 Å². The van der Waals surface area contributed by atoms with Gasteiger partial charge in [-0.25, -0.2) is 0 Å². The van der Waals surface area contributed by atoms with Gasteiger partial charge in [-0.1, -0.05) is 0 Å². The van der Waals surface area contributed by atoms with E-state index in [1.807, 2.05) is 13.8 Å². The van der Waals surface area contributed by atoms with Crippen LogP contribution in [0.15, 0.2) is 0 Å². The minimum absolute atomic E-state index is 0.00212. The molecular formula is C7H13OS+. The van der Waals surface area contributed by atoms with Crippen molar-refractivity contribution in [3.63, 3.8) is 0 Å². The second-order valence-corrected chi connectivity index (χ2v) is 5.52. The summed E-state index contributed by atoms with van der Waals surface area (Å²) in [6, 6.07) is 0. The number of carbonyl (C=O) groups is 1. The first-order valence-electron chi connectivity index (χ1n) is 3.15. The van der Waals surface area contributed by atoms with Crippen LogP contribution >= 0.6 is 0 Å². The van der Waals surface area contributed by atoms with Crippen molar-refractivity contribution in [2.45, 2.75) is 13.8 Å². The number of hydrogen-bond acceptors (Lipinski definition) is 1. The normalized spacial score (nSPS) is 33.2. The molecule has 0 bridgehead atoms. The van der Waals surface area contributed by atoms with Gasteiger partial charge in [-0.15, -0.1) is 0 Å². The average molecular weight is 145 g/mol. The van der Waals surface area contributed by atoms with Crippen molar-refractivity contribution >= 4 is 16.7 Å². The van der Waals surface area contributed by atoms with Crippen LogP contribution in [0.3, 0.4) is 0 Å². The van der Waals surface area contributed by atoms with Crippen molar-refractivity contribution in [2.75, 3.05) is 17.8 Å². The van der Waals surface area contributed by atoms with Crippen molar-refractivity contribution in [2.24, 2.45) is 5.41 Å². The van der Waals surface area contributed by atoms with Crippen molar-refractivity contribution in [3.05, 3.63) is 0 Å². The average Bonchev–Trinajstić information content (AvgIpc) is 1.79.